The van der Waals surface area contributed by atoms with E-state index in [9.17, 15) is 4.79 Å². The van der Waals surface area contributed by atoms with Crippen molar-refractivity contribution in [2.75, 3.05) is 11.6 Å². The normalized spacial score (nSPS) is 11.0. The molecule has 4 aromatic rings. The first-order valence-corrected chi connectivity index (χ1v) is 9.28. The summed E-state index contributed by atoms with van der Waals surface area (Å²) < 4.78 is 5.56. The third-order valence-corrected chi connectivity index (χ3v) is 4.78. The van der Waals surface area contributed by atoms with Crippen LogP contribution in [0.4, 0.5) is 6.01 Å². The molecule has 2 aromatic carbocycles. The van der Waals surface area contributed by atoms with Gasteiger partial charge in [-0.15, -0.1) is 16.9 Å². The van der Waals surface area contributed by atoms with Crippen molar-refractivity contribution in [1.82, 2.24) is 15.2 Å². The van der Waals surface area contributed by atoms with Crippen molar-refractivity contribution in [2.24, 2.45) is 0 Å². The van der Waals surface area contributed by atoms with E-state index in [1.54, 1.807) is 18.0 Å². The Morgan fingerprint density at radius 1 is 1.15 bits per heavy atom. The van der Waals surface area contributed by atoms with Gasteiger partial charge in [0, 0.05) is 22.0 Å². The van der Waals surface area contributed by atoms with Crippen molar-refractivity contribution in [3.63, 3.8) is 0 Å². The molecule has 26 heavy (non-hydrogen) atoms. The second-order valence-electron chi connectivity index (χ2n) is 5.73. The second-order valence-corrected chi connectivity index (χ2v) is 6.61. The summed E-state index contributed by atoms with van der Waals surface area (Å²) in [7, 11) is 0. The number of anilines is 1. The van der Waals surface area contributed by atoms with Crippen molar-refractivity contribution < 1.29 is 9.21 Å². The van der Waals surface area contributed by atoms with Crippen molar-refractivity contribution in [3.8, 4) is 0 Å². The van der Waals surface area contributed by atoms with Crippen LogP contribution in [-0.2, 0) is 6.42 Å². The molecule has 2 N–H and O–H groups in total. The minimum Gasteiger partial charge on any atom is -0.407 e. The third kappa shape index (κ3) is 3.34. The molecule has 4 rings (SSSR count). The van der Waals surface area contributed by atoms with E-state index in [2.05, 4.69) is 32.6 Å². The number of thioether (sulfide) groups is 1. The van der Waals surface area contributed by atoms with Crippen LogP contribution in [0.5, 0.6) is 0 Å². The van der Waals surface area contributed by atoms with Crippen LogP contribution in [0.3, 0.4) is 0 Å². The number of carbonyl (C=O) groups excluding carboxylic acids is 1. The van der Waals surface area contributed by atoms with Crippen molar-refractivity contribution in [1.29, 1.82) is 0 Å². The Bertz CT molecular complexity index is 1050. The van der Waals surface area contributed by atoms with Gasteiger partial charge in [-0.2, -0.15) is 0 Å². The number of fused-ring (bicyclic) bond motifs is 1. The Kier molecular flexibility index (Phi) is 4.45. The highest BCUT2D eigenvalue weighted by molar-refractivity contribution is 7.98. The number of amides is 1. The average molecular weight is 364 g/mol. The standard InChI is InChI=1S/C19H16N4O2S/c1-26-13-8-6-12(7-9-13)10-17-22-23-19(25-17)21-18(24)15-11-20-16-5-3-2-4-14(15)16/h2-9,11,20H,10H2,1H3,(H,21,23,24). The zero-order valence-electron chi connectivity index (χ0n) is 14.0. The Hall–Kier alpha value is -3.06. The number of hydrogen-bond acceptors (Lipinski definition) is 5. The highest BCUT2D eigenvalue weighted by Crippen LogP contribution is 2.20. The fourth-order valence-electron chi connectivity index (χ4n) is 2.72. The molecule has 0 saturated heterocycles. The summed E-state index contributed by atoms with van der Waals surface area (Å²) in [5.41, 5.74) is 2.51. The summed E-state index contributed by atoms with van der Waals surface area (Å²) >= 11 is 1.69. The number of hydrogen-bond donors (Lipinski definition) is 2. The molecule has 0 bridgehead atoms. The minimum absolute atomic E-state index is 0.0935. The lowest BCUT2D eigenvalue weighted by molar-refractivity contribution is 0.102. The monoisotopic (exact) mass is 364 g/mol. The van der Waals surface area contributed by atoms with E-state index < -0.39 is 0 Å². The van der Waals surface area contributed by atoms with Crippen LogP contribution in [0.2, 0.25) is 0 Å². The predicted octanol–water partition coefficient (Wildman–Crippen LogP) is 4.12. The van der Waals surface area contributed by atoms with Gasteiger partial charge in [-0.3, -0.25) is 10.1 Å². The van der Waals surface area contributed by atoms with Gasteiger partial charge in [-0.25, -0.2) is 0 Å². The van der Waals surface area contributed by atoms with Gasteiger partial charge in [0.15, 0.2) is 0 Å². The van der Waals surface area contributed by atoms with Crippen molar-refractivity contribution >= 4 is 34.6 Å². The Labute approximate surface area is 154 Å². The molecule has 0 saturated carbocycles. The molecule has 0 radical (unpaired) electrons. The molecule has 0 aliphatic heterocycles. The molecule has 0 fully saturated rings. The highest BCUT2D eigenvalue weighted by atomic mass is 32.2. The lowest BCUT2D eigenvalue weighted by atomic mass is 10.1. The molecule has 6 nitrogen and oxygen atoms in total. The molecular weight excluding hydrogens is 348 g/mol. The predicted molar refractivity (Wildman–Crippen MR) is 102 cm³/mol. The first-order valence-electron chi connectivity index (χ1n) is 8.06. The number of aromatic nitrogens is 3. The van der Waals surface area contributed by atoms with Crippen LogP contribution >= 0.6 is 11.8 Å². The number of carbonyl (C=O) groups is 1. The molecule has 0 atom stereocenters. The fourth-order valence-corrected chi connectivity index (χ4v) is 3.13. The van der Waals surface area contributed by atoms with E-state index in [1.165, 1.54) is 4.90 Å². The molecule has 130 valence electrons. The average Bonchev–Trinajstić information content (AvgIpc) is 3.29. The first-order chi connectivity index (χ1) is 12.7. The van der Waals surface area contributed by atoms with Gasteiger partial charge in [-0.1, -0.05) is 35.4 Å². The number of nitrogens with zero attached hydrogens (tertiary/aromatic N) is 2. The number of H-pyrrole nitrogens is 1. The lowest BCUT2D eigenvalue weighted by Gasteiger charge is -2.00. The van der Waals surface area contributed by atoms with E-state index in [0.29, 0.717) is 17.9 Å². The molecule has 0 aliphatic carbocycles. The molecule has 1 amide bonds. The summed E-state index contributed by atoms with van der Waals surface area (Å²) in [6, 6.07) is 15.9. The van der Waals surface area contributed by atoms with Crippen molar-refractivity contribution in [2.45, 2.75) is 11.3 Å². The molecular formula is C19H16N4O2S. The maximum absolute atomic E-state index is 12.5. The molecule has 0 spiro atoms. The molecule has 0 aliphatic rings. The summed E-state index contributed by atoms with van der Waals surface area (Å²) in [4.78, 5) is 16.7. The Balaban J connectivity index is 1.46. The van der Waals surface area contributed by atoms with Crippen LogP contribution in [0.1, 0.15) is 21.8 Å². The third-order valence-electron chi connectivity index (χ3n) is 4.04. The zero-order chi connectivity index (χ0) is 17.9. The second kappa shape index (κ2) is 7.05. The summed E-state index contributed by atoms with van der Waals surface area (Å²) in [5.74, 6) is 0.165. The zero-order valence-corrected chi connectivity index (χ0v) is 14.8. The number of rotatable bonds is 5. The quantitative estimate of drug-likeness (QED) is 0.521. The van der Waals surface area contributed by atoms with Crippen LogP contribution in [0.25, 0.3) is 10.9 Å². The van der Waals surface area contributed by atoms with E-state index in [1.807, 2.05) is 42.7 Å². The maximum atomic E-state index is 12.5. The van der Waals surface area contributed by atoms with Crippen LogP contribution in [0, 0.1) is 0 Å². The van der Waals surface area contributed by atoms with E-state index in [4.69, 9.17) is 4.42 Å². The van der Waals surface area contributed by atoms with E-state index in [0.717, 1.165) is 16.5 Å². The van der Waals surface area contributed by atoms with Gasteiger partial charge in [-0.05, 0) is 30.0 Å². The molecule has 2 aromatic heterocycles. The van der Waals surface area contributed by atoms with Crippen LogP contribution in [0.15, 0.2) is 64.0 Å². The van der Waals surface area contributed by atoms with Crippen LogP contribution in [-0.4, -0.2) is 27.3 Å². The van der Waals surface area contributed by atoms with E-state index >= 15 is 0 Å². The Morgan fingerprint density at radius 3 is 2.77 bits per heavy atom. The molecule has 2 heterocycles. The lowest BCUT2D eigenvalue weighted by Crippen LogP contribution is -2.11. The smallest absolute Gasteiger partial charge is 0.322 e. The minimum atomic E-state index is -0.290. The largest absolute Gasteiger partial charge is 0.407 e. The Morgan fingerprint density at radius 2 is 1.96 bits per heavy atom. The summed E-state index contributed by atoms with van der Waals surface area (Å²) in [5, 5.41) is 11.4. The van der Waals surface area contributed by atoms with Gasteiger partial charge in [0.1, 0.15) is 0 Å². The van der Waals surface area contributed by atoms with Crippen LogP contribution < -0.4 is 5.32 Å². The van der Waals surface area contributed by atoms with Gasteiger partial charge in [0.05, 0.1) is 12.0 Å². The number of nitrogens with one attached hydrogen (secondary N) is 2. The summed E-state index contributed by atoms with van der Waals surface area (Å²) in [6.07, 6.45) is 4.23. The number of benzene rings is 2. The number of aromatic amines is 1. The topological polar surface area (TPSA) is 83.8 Å². The number of para-hydroxylation sites is 1. The highest BCUT2D eigenvalue weighted by Gasteiger charge is 2.15. The van der Waals surface area contributed by atoms with Gasteiger partial charge < -0.3 is 9.40 Å². The van der Waals surface area contributed by atoms with Gasteiger partial charge in [0.25, 0.3) is 5.91 Å². The maximum Gasteiger partial charge on any atom is 0.322 e. The molecule has 0 unspecified atom stereocenters. The molecule has 7 heteroatoms. The van der Waals surface area contributed by atoms with Gasteiger partial charge in [0.2, 0.25) is 5.89 Å². The van der Waals surface area contributed by atoms with Gasteiger partial charge >= 0.3 is 6.01 Å². The fraction of sp³-hybridized carbons (Fsp3) is 0.105. The van der Waals surface area contributed by atoms with Crippen molar-refractivity contribution in [3.05, 3.63) is 71.7 Å². The SMILES string of the molecule is CSc1ccc(Cc2nnc(NC(=O)c3c[nH]c4ccccc34)o2)cc1. The van der Waals surface area contributed by atoms with E-state index in [-0.39, 0.29) is 11.9 Å². The first kappa shape index (κ1) is 16.4. The summed E-state index contributed by atoms with van der Waals surface area (Å²) in [6.45, 7) is 0.